The summed E-state index contributed by atoms with van der Waals surface area (Å²) in [5.74, 6) is 0.543. The summed E-state index contributed by atoms with van der Waals surface area (Å²) in [7, 11) is 0. The number of hydrogen-bond donors (Lipinski definition) is 1. The van der Waals surface area contributed by atoms with Crippen LogP contribution in [0.25, 0.3) is 0 Å². The summed E-state index contributed by atoms with van der Waals surface area (Å²) >= 11 is 0. The van der Waals surface area contributed by atoms with Crippen molar-refractivity contribution >= 4 is 23.5 Å². The number of likely N-dealkylation sites (N-methyl/N-ethyl adjacent to an activating group) is 1. The Hall–Kier alpha value is -4.50. The minimum atomic E-state index is -0.481. The fourth-order valence-corrected chi connectivity index (χ4v) is 5.33. The molecule has 4 bridgehead atoms. The molecular formula is C33H35N3O6. The second-order valence-electron chi connectivity index (χ2n) is 10.7. The summed E-state index contributed by atoms with van der Waals surface area (Å²) in [5, 5.41) is 3.05. The number of carbonyl (C=O) groups is 4. The van der Waals surface area contributed by atoms with Crippen molar-refractivity contribution in [3.8, 4) is 11.5 Å². The molecule has 0 aromatic heterocycles. The molecule has 3 amide bonds. The van der Waals surface area contributed by atoms with Gasteiger partial charge in [0.05, 0.1) is 31.7 Å². The molecule has 2 atom stereocenters. The van der Waals surface area contributed by atoms with E-state index in [4.69, 9.17) is 9.47 Å². The predicted octanol–water partition coefficient (Wildman–Crippen LogP) is 4.00. The van der Waals surface area contributed by atoms with Gasteiger partial charge >= 0.3 is 0 Å². The minimum absolute atomic E-state index is 0.0682. The average Bonchev–Trinajstić information content (AvgIpc) is 2.99. The molecule has 0 unspecified atom stereocenters. The van der Waals surface area contributed by atoms with Gasteiger partial charge in [-0.3, -0.25) is 19.2 Å². The van der Waals surface area contributed by atoms with Crippen LogP contribution in [0.2, 0.25) is 0 Å². The van der Waals surface area contributed by atoms with Crippen molar-refractivity contribution in [2.24, 2.45) is 0 Å². The highest BCUT2D eigenvalue weighted by molar-refractivity contribution is 5.97. The third-order valence-corrected chi connectivity index (χ3v) is 7.64. The van der Waals surface area contributed by atoms with Crippen LogP contribution < -0.4 is 10.1 Å². The van der Waals surface area contributed by atoms with Crippen molar-refractivity contribution < 1.29 is 28.7 Å². The number of ketones is 1. The second kappa shape index (κ2) is 13.0. The van der Waals surface area contributed by atoms with Crippen molar-refractivity contribution in [2.75, 3.05) is 26.2 Å². The summed E-state index contributed by atoms with van der Waals surface area (Å²) < 4.78 is 12.4. The first-order valence-corrected chi connectivity index (χ1v) is 14.2. The van der Waals surface area contributed by atoms with Crippen LogP contribution in [-0.4, -0.2) is 71.6 Å². The van der Waals surface area contributed by atoms with Crippen LogP contribution in [0.1, 0.15) is 52.1 Å². The number of rotatable bonds is 3. The van der Waals surface area contributed by atoms with Crippen LogP contribution in [0.4, 0.5) is 0 Å². The number of Topliss-reactive ketones (excluding diaryl/α,β-unsaturated/α-hetero) is 1. The lowest BCUT2D eigenvalue weighted by atomic mass is 10.00. The Morgan fingerprint density at radius 2 is 1.60 bits per heavy atom. The normalized spacial score (nSPS) is 19.7. The van der Waals surface area contributed by atoms with Gasteiger partial charge in [0.2, 0.25) is 11.8 Å². The number of nitrogens with one attached hydrogen (secondary N) is 1. The van der Waals surface area contributed by atoms with Crippen LogP contribution >= 0.6 is 0 Å². The van der Waals surface area contributed by atoms with Crippen LogP contribution in [0.3, 0.4) is 0 Å². The van der Waals surface area contributed by atoms with Crippen molar-refractivity contribution in [2.45, 2.75) is 45.4 Å². The van der Waals surface area contributed by atoms with Gasteiger partial charge in [-0.1, -0.05) is 36.4 Å². The Balaban J connectivity index is 1.38. The molecule has 5 rings (SSSR count). The largest absolute Gasteiger partial charge is 0.457 e. The first kappa shape index (κ1) is 29.0. The smallest absolute Gasteiger partial charge is 0.253 e. The molecule has 9 heteroatoms. The standard InChI is InChI=1S/C33H35N3O6/c1-3-35-20-31(38)34-29-19-36(33(40)26-12-10-25(11-13-26)22(2)37)15-14-30(29)41-21-24-7-5-9-28(17-24)42-27-8-4-6-23(16-27)18-32(35)39/h4-13,16-17,29-30H,3,14-15,18-21H2,1-2H3,(H,34,38)/t29-,30-/m0/s1. The Kier molecular flexibility index (Phi) is 8.97. The van der Waals surface area contributed by atoms with Gasteiger partial charge in [0.15, 0.2) is 5.78 Å². The molecular weight excluding hydrogens is 534 g/mol. The van der Waals surface area contributed by atoms with Gasteiger partial charge in [0.25, 0.3) is 5.91 Å². The summed E-state index contributed by atoms with van der Waals surface area (Å²) in [6, 6.07) is 21.1. The van der Waals surface area contributed by atoms with E-state index in [1.54, 1.807) is 29.2 Å². The maximum Gasteiger partial charge on any atom is 0.253 e. The molecule has 0 aliphatic carbocycles. The summed E-state index contributed by atoms with van der Waals surface area (Å²) in [5.41, 5.74) is 2.71. The zero-order valence-corrected chi connectivity index (χ0v) is 23.9. The van der Waals surface area contributed by atoms with Crippen molar-refractivity contribution in [3.63, 3.8) is 0 Å². The average molecular weight is 570 g/mol. The van der Waals surface area contributed by atoms with Gasteiger partial charge in [0, 0.05) is 30.8 Å². The highest BCUT2D eigenvalue weighted by Gasteiger charge is 2.34. The highest BCUT2D eigenvalue weighted by atomic mass is 16.5. The number of piperidine rings is 1. The minimum Gasteiger partial charge on any atom is -0.457 e. The molecule has 2 aliphatic heterocycles. The summed E-state index contributed by atoms with van der Waals surface area (Å²) in [4.78, 5) is 54.6. The third-order valence-electron chi connectivity index (χ3n) is 7.64. The Morgan fingerprint density at radius 3 is 2.29 bits per heavy atom. The molecule has 1 fully saturated rings. The number of benzene rings is 3. The lowest BCUT2D eigenvalue weighted by molar-refractivity contribution is -0.136. The van der Waals surface area contributed by atoms with Crippen LogP contribution in [0, 0.1) is 0 Å². The lowest BCUT2D eigenvalue weighted by Gasteiger charge is -2.39. The van der Waals surface area contributed by atoms with Gasteiger partial charge in [-0.15, -0.1) is 0 Å². The molecule has 0 spiro atoms. The van der Waals surface area contributed by atoms with Gasteiger partial charge in [0.1, 0.15) is 11.5 Å². The van der Waals surface area contributed by atoms with Crippen molar-refractivity contribution in [1.29, 1.82) is 0 Å². The lowest BCUT2D eigenvalue weighted by Crippen LogP contribution is -2.58. The van der Waals surface area contributed by atoms with E-state index in [0.29, 0.717) is 48.7 Å². The van der Waals surface area contributed by atoms with E-state index in [0.717, 1.165) is 11.1 Å². The van der Waals surface area contributed by atoms with Gasteiger partial charge in [-0.05, 0) is 67.8 Å². The molecule has 2 heterocycles. The zero-order chi connectivity index (χ0) is 29.6. The Morgan fingerprint density at radius 1 is 0.929 bits per heavy atom. The molecule has 3 aromatic rings. The predicted molar refractivity (Wildman–Crippen MR) is 156 cm³/mol. The SMILES string of the molecule is CCN1CC(=O)N[C@H]2CN(C(=O)c3ccc(C(C)=O)cc3)CC[C@@H]2OCc2cccc(c2)Oc2cccc(c2)CC1=O. The van der Waals surface area contributed by atoms with Crippen LogP contribution in [-0.2, 0) is 27.4 Å². The number of fused-ring (bicyclic) bond motifs is 5. The fourth-order valence-electron chi connectivity index (χ4n) is 5.33. The fraction of sp³-hybridized carbons (Fsp3) is 0.333. The van der Waals surface area contributed by atoms with E-state index >= 15 is 0 Å². The number of carbonyl (C=O) groups excluding carboxylic acids is 4. The van der Waals surface area contributed by atoms with Crippen LogP contribution in [0.15, 0.2) is 72.8 Å². The number of amides is 3. The van der Waals surface area contributed by atoms with E-state index in [2.05, 4.69) is 5.32 Å². The van der Waals surface area contributed by atoms with Crippen molar-refractivity contribution in [1.82, 2.24) is 15.1 Å². The first-order valence-electron chi connectivity index (χ1n) is 14.2. The monoisotopic (exact) mass is 569 g/mol. The van der Waals surface area contributed by atoms with Gasteiger partial charge in [-0.25, -0.2) is 0 Å². The molecule has 218 valence electrons. The zero-order valence-electron chi connectivity index (χ0n) is 23.9. The molecule has 1 N–H and O–H groups in total. The molecule has 2 aliphatic rings. The Labute approximate surface area is 245 Å². The topological polar surface area (TPSA) is 105 Å². The molecule has 0 radical (unpaired) electrons. The Bertz CT molecular complexity index is 1470. The number of likely N-dealkylation sites (tertiary alicyclic amines) is 1. The second-order valence-corrected chi connectivity index (χ2v) is 10.7. The molecule has 42 heavy (non-hydrogen) atoms. The van der Waals surface area contributed by atoms with E-state index in [1.165, 1.54) is 11.8 Å². The van der Waals surface area contributed by atoms with E-state index in [1.807, 2.05) is 55.5 Å². The highest BCUT2D eigenvalue weighted by Crippen LogP contribution is 2.25. The molecule has 3 aromatic carbocycles. The summed E-state index contributed by atoms with van der Waals surface area (Å²) in [6.45, 7) is 4.59. The number of nitrogens with zero attached hydrogens (tertiary/aromatic N) is 2. The van der Waals surface area contributed by atoms with E-state index in [9.17, 15) is 19.2 Å². The first-order chi connectivity index (χ1) is 20.3. The molecule has 9 nitrogen and oxygen atoms in total. The maximum atomic E-state index is 13.4. The van der Waals surface area contributed by atoms with Crippen LogP contribution in [0.5, 0.6) is 11.5 Å². The van der Waals surface area contributed by atoms with Gasteiger partial charge in [-0.2, -0.15) is 0 Å². The van der Waals surface area contributed by atoms with E-state index in [-0.39, 0.29) is 49.1 Å². The number of hydrogen-bond acceptors (Lipinski definition) is 6. The maximum absolute atomic E-state index is 13.4. The van der Waals surface area contributed by atoms with E-state index < -0.39 is 6.04 Å². The van der Waals surface area contributed by atoms with Gasteiger partial charge < -0.3 is 24.6 Å². The number of ether oxygens (including phenoxy) is 2. The quantitative estimate of drug-likeness (QED) is 0.478. The molecule has 0 saturated carbocycles. The van der Waals surface area contributed by atoms with Crippen molar-refractivity contribution in [3.05, 3.63) is 95.1 Å². The molecule has 1 saturated heterocycles. The third kappa shape index (κ3) is 7.03. The summed E-state index contributed by atoms with van der Waals surface area (Å²) in [6.07, 6.45) is 0.304.